The summed E-state index contributed by atoms with van der Waals surface area (Å²) in [6.07, 6.45) is 0.450. The number of benzene rings is 2. The molecule has 4 N–H and O–H groups in total. The van der Waals surface area contributed by atoms with E-state index >= 15 is 0 Å². The molecule has 0 heterocycles. The molecule has 0 aliphatic heterocycles. The highest BCUT2D eigenvalue weighted by atomic mass is 32.2. The van der Waals surface area contributed by atoms with Gasteiger partial charge in [-0.3, -0.25) is 4.79 Å². The lowest BCUT2D eigenvalue weighted by atomic mass is 9.93. The fraction of sp³-hybridized carbons (Fsp3) is 0.235. The first kappa shape index (κ1) is 15.6. The lowest BCUT2D eigenvalue weighted by Crippen LogP contribution is -2.51. The summed E-state index contributed by atoms with van der Waals surface area (Å²) in [6, 6.07) is 18.5. The molecule has 2 aromatic carbocycles. The number of carbonyl (C=O) groups excluding carboxylic acids is 1. The molecule has 0 aliphatic carbocycles. The van der Waals surface area contributed by atoms with Crippen molar-refractivity contribution in [2.24, 2.45) is 11.5 Å². The van der Waals surface area contributed by atoms with Crippen LogP contribution in [0.25, 0.3) is 0 Å². The molecule has 21 heavy (non-hydrogen) atoms. The highest BCUT2D eigenvalue weighted by Gasteiger charge is 2.25. The van der Waals surface area contributed by atoms with Crippen LogP contribution in [-0.2, 0) is 17.0 Å². The molecule has 0 radical (unpaired) electrons. The van der Waals surface area contributed by atoms with Gasteiger partial charge in [-0.05, 0) is 36.6 Å². The number of rotatable bonds is 6. The summed E-state index contributed by atoms with van der Waals surface area (Å²) >= 11 is 1.78. The molecule has 0 saturated carbocycles. The van der Waals surface area contributed by atoms with Crippen LogP contribution >= 0.6 is 11.8 Å². The summed E-state index contributed by atoms with van der Waals surface area (Å²) < 4.78 is 0. The monoisotopic (exact) mass is 300 g/mol. The van der Waals surface area contributed by atoms with Crippen LogP contribution in [0.2, 0.25) is 0 Å². The van der Waals surface area contributed by atoms with E-state index in [4.69, 9.17) is 11.5 Å². The molecule has 110 valence electrons. The van der Waals surface area contributed by atoms with Gasteiger partial charge in [-0.2, -0.15) is 0 Å². The van der Waals surface area contributed by atoms with Crippen molar-refractivity contribution < 1.29 is 4.79 Å². The second-order valence-electron chi connectivity index (χ2n) is 5.38. The minimum Gasteiger partial charge on any atom is -0.368 e. The largest absolute Gasteiger partial charge is 0.368 e. The first-order chi connectivity index (χ1) is 9.97. The predicted octanol–water partition coefficient (Wildman–Crippen LogP) is 2.72. The topological polar surface area (TPSA) is 69.1 Å². The standard InChI is InChI=1S/C17H20N2OS/c1-17(19,16(18)20)11-13-7-9-15(10-8-13)21-12-14-5-3-2-4-6-14/h2-10H,11-12,19H2,1H3,(H2,18,20). The summed E-state index contributed by atoms with van der Waals surface area (Å²) in [5, 5.41) is 0. The molecule has 1 atom stereocenters. The molecule has 0 aliphatic rings. The van der Waals surface area contributed by atoms with Gasteiger partial charge in [-0.1, -0.05) is 42.5 Å². The Kier molecular flexibility index (Phi) is 5.04. The van der Waals surface area contributed by atoms with E-state index in [2.05, 4.69) is 24.3 Å². The van der Waals surface area contributed by atoms with E-state index in [9.17, 15) is 4.79 Å². The quantitative estimate of drug-likeness (QED) is 0.806. The smallest absolute Gasteiger partial charge is 0.237 e. The van der Waals surface area contributed by atoms with Crippen molar-refractivity contribution in [3.63, 3.8) is 0 Å². The van der Waals surface area contributed by atoms with Crippen molar-refractivity contribution >= 4 is 17.7 Å². The van der Waals surface area contributed by atoms with Gasteiger partial charge >= 0.3 is 0 Å². The summed E-state index contributed by atoms with van der Waals surface area (Å²) in [4.78, 5) is 12.4. The second-order valence-corrected chi connectivity index (χ2v) is 6.43. The van der Waals surface area contributed by atoms with Crippen LogP contribution in [0.1, 0.15) is 18.1 Å². The average Bonchev–Trinajstić information content (AvgIpc) is 2.47. The fourth-order valence-corrected chi connectivity index (χ4v) is 2.81. The van der Waals surface area contributed by atoms with Crippen LogP contribution in [0.5, 0.6) is 0 Å². The Balaban J connectivity index is 1.95. The number of nitrogens with two attached hydrogens (primary N) is 2. The third kappa shape index (κ3) is 4.62. The van der Waals surface area contributed by atoms with Gasteiger partial charge in [0.05, 0.1) is 5.54 Å². The van der Waals surface area contributed by atoms with Gasteiger partial charge in [-0.15, -0.1) is 11.8 Å². The minimum absolute atomic E-state index is 0.450. The SMILES string of the molecule is CC(N)(Cc1ccc(SCc2ccccc2)cc1)C(N)=O. The Morgan fingerprint density at radius 2 is 1.67 bits per heavy atom. The Bertz CT molecular complexity index is 594. The molecule has 3 nitrogen and oxygen atoms in total. The van der Waals surface area contributed by atoms with Gasteiger partial charge in [0.25, 0.3) is 0 Å². The molecule has 0 aromatic heterocycles. The number of primary amides is 1. The third-order valence-corrected chi connectivity index (χ3v) is 4.39. The van der Waals surface area contributed by atoms with Gasteiger partial charge < -0.3 is 11.5 Å². The number of amides is 1. The molecular weight excluding hydrogens is 280 g/mol. The molecular formula is C17H20N2OS. The maximum atomic E-state index is 11.2. The fourth-order valence-electron chi connectivity index (χ4n) is 1.96. The first-order valence-electron chi connectivity index (χ1n) is 6.82. The lowest BCUT2D eigenvalue weighted by Gasteiger charge is -2.20. The zero-order valence-electron chi connectivity index (χ0n) is 12.1. The van der Waals surface area contributed by atoms with E-state index in [0.717, 1.165) is 11.3 Å². The summed E-state index contributed by atoms with van der Waals surface area (Å²) in [5.41, 5.74) is 12.5. The van der Waals surface area contributed by atoms with Gasteiger partial charge in [0, 0.05) is 10.6 Å². The highest BCUT2D eigenvalue weighted by Crippen LogP contribution is 2.23. The lowest BCUT2D eigenvalue weighted by molar-refractivity contribution is -0.122. The Labute approximate surface area is 129 Å². The van der Waals surface area contributed by atoms with E-state index in [0.29, 0.717) is 6.42 Å². The number of hydrogen-bond acceptors (Lipinski definition) is 3. The van der Waals surface area contributed by atoms with E-state index in [1.54, 1.807) is 18.7 Å². The average molecular weight is 300 g/mol. The summed E-state index contributed by atoms with van der Waals surface area (Å²) in [7, 11) is 0. The van der Waals surface area contributed by atoms with Crippen LogP contribution < -0.4 is 11.5 Å². The molecule has 2 aromatic rings. The highest BCUT2D eigenvalue weighted by molar-refractivity contribution is 7.98. The Hall–Kier alpha value is -1.78. The van der Waals surface area contributed by atoms with E-state index in [-0.39, 0.29) is 0 Å². The molecule has 2 rings (SSSR count). The van der Waals surface area contributed by atoms with Crippen LogP contribution in [0, 0.1) is 0 Å². The van der Waals surface area contributed by atoms with Crippen LogP contribution in [0.15, 0.2) is 59.5 Å². The molecule has 4 heteroatoms. The summed E-state index contributed by atoms with van der Waals surface area (Å²) in [5.74, 6) is 0.459. The molecule has 1 unspecified atom stereocenters. The zero-order chi connectivity index (χ0) is 15.3. The molecule has 0 bridgehead atoms. The van der Waals surface area contributed by atoms with Crippen molar-refractivity contribution in [2.75, 3.05) is 0 Å². The number of hydrogen-bond donors (Lipinski definition) is 2. The Morgan fingerprint density at radius 3 is 2.24 bits per heavy atom. The van der Waals surface area contributed by atoms with Gasteiger partial charge in [-0.25, -0.2) is 0 Å². The predicted molar refractivity (Wildman–Crippen MR) is 87.9 cm³/mol. The van der Waals surface area contributed by atoms with E-state index in [1.165, 1.54) is 10.5 Å². The first-order valence-corrected chi connectivity index (χ1v) is 7.80. The third-order valence-electron chi connectivity index (χ3n) is 3.31. The summed E-state index contributed by atoms with van der Waals surface area (Å²) in [6.45, 7) is 1.66. The normalized spacial score (nSPS) is 13.6. The minimum atomic E-state index is -1.00. The van der Waals surface area contributed by atoms with Crippen molar-refractivity contribution in [3.05, 3.63) is 65.7 Å². The van der Waals surface area contributed by atoms with Crippen molar-refractivity contribution in [1.82, 2.24) is 0 Å². The number of carbonyl (C=O) groups is 1. The maximum absolute atomic E-state index is 11.2. The molecule has 0 saturated heterocycles. The van der Waals surface area contributed by atoms with Crippen molar-refractivity contribution in [3.8, 4) is 0 Å². The van der Waals surface area contributed by atoms with Crippen LogP contribution in [-0.4, -0.2) is 11.4 Å². The van der Waals surface area contributed by atoms with Gasteiger partial charge in [0.2, 0.25) is 5.91 Å². The van der Waals surface area contributed by atoms with Crippen molar-refractivity contribution in [1.29, 1.82) is 0 Å². The molecule has 1 amide bonds. The Morgan fingerprint density at radius 1 is 1.05 bits per heavy atom. The zero-order valence-corrected chi connectivity index (χ0v) is 12.9. The van der Waals surface area contributed by atoms with Gasteiger partial charge in [0.1, 0.15) is 0 Å². The van der Waals surface area contributed by atoms with Crippen molar-refractivity contribution in [2.45, 2.75) is 29.5 Å². The maximum Gasteiger partial charge on any atom is 0.237 e. The van der Waals surface area contributed by atoms with Crippen LogP contribution in [0.4, 0.5) is 0 Å². The molecule has 0 fully saturated rings. The van der Waals surface area contributed by atoms with Crippen LogP contribution in [0.3, 0.4) is 0 Å². The van der Waals surface area contributed by atoms with Gasteiger partial charge in [0.15, 0.2) is 0 Å². The number of thioether (sulfide) groups is 1. The van der Waals surface area contributed by atoms with E-state index < -0.39 is 11.4 Å². The second kappa shape index (κ2) is 6.78. The molecule has 0 spiro atoms. The van der Waals surface area contributed by atoms with E-state index in [1.807, 2.05) is 30.3 Å².